The van der Waals surface area contributed by atoms with Crippen LogP contribution in [0.3, 0.4) is 0 Å². The van der Waals surface area contributed by atoms with Gasteiger partial charge >= 0.3 is 0 Å². The van der Waals surface area contributed by atoms with Crippen molar-refractivity contribution in [3.05, 3.63) is 53.9 Å². The summed E-state index contributed by atoms with van der Waals surface area (Å²) in [6, 6.07) is 10.6. The van der Waals surface area contributed by atoms with E-state index in [2.05, 4.69) is 34.5 Å². The van der Waals surface area contributed by atoms with Crippen molar-refractivity contribution >= 4 is 22.6 Å². The van der Waals surface area contributed by atoms with Gasteiger partial charge in [0.15, 0.2) is 5.65 Å². The smallest absolute Gasteiger partial charge is 0.220 e. The van der Waals surface area contributed by atoms with E-state index in [0.29, 0.717) is 18.5 Å². The highest BCUT2D eigenvalue weighted by molar-refractivity contribution is 6.07. The van der Waals surface area contributed by atoms with E-state index in [4.69, 9.17) is 14.5 Å². The Bertz CT molecular complexity index is 1020. The summed E-state index contributed by atoms with van der Waals surface area (Å²) in [6.07, 6.45) is 5.71. The number of aliphatic imine (C=N–C) groups is 1. The van der Waals surface area contributed by atoms with Crippen molar-refractivity contribution in [1.29, 1.82) is 0 Å². The molecule has 2 aliphatic heterocycles. The highest BCUT2D eigenvalue weighted by Crippen LogP contribution is 2.32. The zero-order valence-electron chi connectivity index (χ0n) is 16.5. The predicted octanol–water partition coefficient (Wildman–Crippen LogP) is 3.56. The Kier molecular flexibility index (Phi) is 4.89. The largest absolute Gasteiger partial charge is 0.475 e. The summed E-state index contributed by atoms with van der Waals surface area (Å²) in [5.74, 6) is 0.645. The summed E-state index contributed by atoms with van der Waals surface area (Å²) in [7, 11) is 0. The second-order valence-corrected chi connectivity index (χ2v) is 7.45. The standard InChI is InChI=1S/C22H25N5O2/c1-2-27-21-17(13-24-27)20(25-16-8-10-28-11-9-16)18(12-23-21)22-26-19(14-29-22)15-6-4-3-5-7-15/h3-7,12-13,16,19H,2,8-11,14H2,1H3,(H,23,25)/t19-/m1/s1. The first-order valence-corrected chi connectivity index (χ1v) is 10.3. The molecule has 0 saturated carbocycles. The lowest BCUT2D eigenvalue weighted by molar-refractivity contribution is 0.0905. The van der Waals surface area contributed by atoms with Crippen LogP contribution in [0.25, 0.3) is 11.0 Å². The molecule has 1 atom stereocenters. The Morgan fingerprint density at radius 3 is 2.76 bits per heavy atom. The lowest BCUT2D eigenvalue weighted by Gasteiger charge is -2.25. The third-order valence-electron chi connectivity index (χ3n) is 5.60. The number of fused-ring (bicyclic) bond motifs is 1. The number of hydrogen-bond acceptors (Lipinski definition) is 6. The molecule has 1 N–H and O–H groups in total. The van der Waals surface area contributed by atoms with E-state index in [1.54, 1.807) is 0 Å². The SMILES string of the molecule is CCn1ncc2c(NC3CCOCC3)c(C3=N[C@@H](c4ccccc4)CO3)cnc21. The van der Waals surface area contributed by atoms with E-state index in [0.717, 1.165) is 60.4 Å². The molecule has 0 radical (unpaired) electrons. The van der Waals surface area contributed by atoms with E-state index in [9.17, 15) is 0 Å². The van der Waals surface area contributed by atoms with Crippen LogP contribution in [-0.2, 0) is 16.0 Å². The van der Waals surface area contributed by atoms with Gasteiger partial charge in [-0.15, -0.1) is 0 Å². The molecule has 0 aliphatic carbocycles. The topological polar surface area (TPSA) is 73.6 Å². The fourth-order valence-corrected chi connectivity index (χ4v) is 3.99. The van der Waals surface area contributed by atoms with Gasteiger partial charge in [0.05, 0.1) is 22.8 Å². The Labute approximate surface area is 169 Å². The first kappa shape index (κ1) is 18.1. The Morgan fingerprint density at radius 2 is 1.97 bits per heavy atom. The van der Waals surface area contributed by atoms with E-state index < -0.39 is 0 Å². The normalized spacial score (nSPS) is 19.9. The van der Waals surface area contributed by atoms with E-state index in [1.165, 1.54) is 0 Å². The van der Waals surface area contributed by atoms with Crippen molar-refractivity contribution < 1.29 is 9.47 Å². The van der Waals surface area contributed by atoms with Gasteiger partial charge in [-0.25, -0.2) is 14.7 Å². The number of aryl methyl sites for hydroxylation is 1. The van der Waals surface area contributed by atoms with Crippen LogP contribution in [0.4, 0.5) is 5.69 Å². The van der Waals surface area contributed by atoms with Gasteiger partial charge in [0.2, 0.25) is 5.90 Å². The fourth-order valence-electron chi connectivity index (χ4n) is 3.99. The molecule has 29 heavy (non-hydrogen) atoms. The molecule has 0 amide bonds. The molecule has 4 heterocycles. The van der Waals surface area contributed by atoms with Crippen molar-refractivity contribution in [2.45, 2.75) is 38.4 Å². The number of nitrogens with one attached hydrogen (secondary N) is 1. The number of pyridine rings is 1. The summed E-state index contributed by atoms with van der Waals surface area (Å²) in [5, 5.41) is 9.24. The number of rotatable bonds is 5. The van der Waals surface area contributed by atoms with Gasteiger partial charge in [-0.05, 0) is 25.3 Å². The highest BCUT2D eigenvalue weighted by atomic mass is 16.5. The molecule has 1 aromatic carbocycles. The van der Waals surface area contributed by atoms with Gasteiger partial charge in [0.25, 0.3) is 0 Å². The number of aromatic nitrogens is 3. The first-order valence-electron chi connectivity index (χ1n) is 10.3. The molecular weight excluding hydrogens is 366 g/mol. The zero-order valence-corrected chi connectivity index (χ0v) is 16.5. The molecule has 3 aromatic rings. The molecule has 1 saturated heterocycles. The lowest BCUT2D eigenvalue weighted by Crippen LogP contribution is -2.28. The van der Waals surface area contributed by atoms with Crippen LogP contribution in [0, 0.1) is 0 Å². The van der Waals surface area contributed by atoms with Gasteiger partial charge in [-0.1, -0.05) is 30.3 Å². The van der Waals surface area contributed by atoms with Crippen LogP contribution in [-0.4, -0.2) is 46.5 Å². The minimum absolute atomic E-state index is 0.0104. The highest BCUT2D eigenvalue weighted by Gasteiger charge is 2.27. The van der Waals surface area contributed by atoms with Gasteiger partial charge in [-0.3, -0.25) is 0 Å². The molecule has 0 unspecified atom stereocenters. The van der Waals surface area contributed by atoms with Crippen LogP contribution >= 0.6 is 0 Å². The minimum atomic E-state index is 0.0104. The molecule has 0 spiro atoms. The maximum Gasteiger partial charge on any atom is 0.220 e. The van der Waals surface area contributed by atoms with E-state index in [1.807, 2.05) is 35.3 Å². The summed E-state index contributed by atoms with van der Waals surface area (Å²) >= 11 is 0. The number of ether oxygens (including phenoxy) is 2. The van der Waals surface area contributed by atoms with Crippen LogP contribution in [0.5, 0.6) is 0 Å². The number of nitrogens with zero attached hydrogens (tertiary/aromatic N) is 4. The minimum Gasteiger partial charge on any atom is -0.475 e. The Balaban J connectivity index is 1.55. The van der Waals surface area contributed by atoms with Crippen LogP contribution in [0.2, 0.25) is 0 Å². The average molecular weight is 391 g/mol. The van der Waals surface area contributed by atoms with Crippen LogP contribution < -0.4 is 5.32 Å². The number of anilines is 1. The third-order valence-corrected chi connectivity index (χ3v) is 5.60. The monoisotopic (exact) mass is 391 g/mol. The van der Waals surface area contributed by atoms with Crippen molar-refractivity contribution in [3.8, 4) is 0 Å². The van der Waals surface area contributed by atoms with Gasteiger partial charge in [-0.2, -0.15) is 5.10 Å². The predicted molar refractivity (Wildman–Crippen MR) is 112 cm³/mol. The maximum absolute atomic E-state index is 6.04. The number of hydrogen-bond donors (Lipinski definition) is 1. The van der Waals surface area contributed by atoms with Crippen molar-refractivity contribution in [2.75, 3.05) is 25.1 Å². The fraction of sp³-hybridized carbons (Fsp3) is 0.409. The molecular formula is C22H25N5O2. The Morgan fingerprint density at radius 1 is 1.14 bits per heavy atom. The van der Waals surface area contributed by atoms with Gasteiger partial charge < -0.3 is 14.8 Å². The summed E-state index contributed by atoms with van der Waals surface area (Å²) in [6.45, 7) is 4.95. The van der Waals surface area contributed by atoms with Gasteiger partial charge in [0.1, 0.15) is 12.6 Å². The molecule has 7 heteroatoms. The zero-order chi connectivity index (χ0) is 19.6. The van der Waals surface area contributed by atoms with Crippen molar-refractivity contribution in [3.63, 3.8) is 0 Å². The summed E-state index contributed by atoms with van der Waals surface area (Å²) < 4.78 is 13.5. The Hall–Kier alpha value is -2.93. The van der Waals surface area contributed by atoms with E-state index >= 15 is 0 Å². The number of benzene rings is 1. The molecule has 0 bridgehead atoms. The lowest BCUT2D eigenvalue weighted by atomic mass is 10.1. The molecule has 5 rings (SSSR count). The summed E-state index contributed by atoms with van der Waals surface area (Å²) in [4.78, 5) is 9.56. The average Bonchev–Trinajstić information content (AvgIpc) is 3.43. The van der Waals surface area contributed by atoms with Crippen molar-refractivity contribution in [1.82, 2.24) is 14.8 Å². The van der Waals surface area contributed by atoms with Crippen molar-refractivity contribution in [2.24, 2.45) is 4.99 Å². The quantitative estimate of drug-likeness (QED) is 0.720. The second-order valence-electron chi connectivity index (χ2n) is 7.45. The maximum atomic E-state index is 6.04. The molecule has 2 aliphatic rings. The first-order chi connectivity index (χ1) is 14.3. The molecule has 150 valence electrons. The van der Waals surface area contributed by atoms with Gasteiger partial charge in [0, 0.05) is 32.0 Å². The molecule has 1 fully saturated rings. The summed E-state index contributed by atoms with van der Waals surface area (Å²) in [5.41, 5.74) is 3.95. The van der Waals surface area contributed by atoms with E-state index in [-0.39, 0.29) is 6.04 Å². The third kappa shape index (κ3) is 3.46. The van der Waals surface area contributed by atoms with Crippen LogP contribution in [0.15, 0.2) is 47.7 Å². The second kappa shape index (κ2) is 7.83. The molecule has 7 nitrogen and oxygen atoms in total. The molecule has 2 aromatic heterocycles. The van der Waals surface area contributed by atoms with Crippen LogP contribution in [0.1, 0.15) is 36.9 Å².